The molecule has 0 aromatic heterocycles. The number of carbonyl (C=O) groups excluding carboxylic acids is 1. The molecule has 3 rings (SSSR count). The molecule has 5 heteroatoms. The van der Waals surface area contributed by atoms with Crippen molar-refractivity contribution in [2.75, 3.05) is 24.7 Å². The maximum atomic E-state index is 11.9. The van der Waals surface area contributed by atoms with Crippen LogP contribution in [0.3, 0.4) is 0 Å². The minimum atomic E-state index is -0.103. The zero-order chi connectivity index (χ0) is 9.60. The Balaban J connectivity index is 1.60. The zero-order valence-corrected chi connectivity index (χ0v) is 9.62. The Hall–Kier alpha value is 0.130. The summed E-state index contributed by atoms with van der Waals surface area (Å²) in [5, 5.41) is 3.34. The summed E-state index contributed by atoms with van der Waals surface area (Å²) in [5.41, 5.74) is -0.103. The quantitative estimate of drug-likeness (QED) is 0.757. The summed E-state index contributed by atoms with van der Waals surface area (Å²) in [4.78, 5) is 13.9. The lowest BCUT2D eigenvalue weighted by Crippen LogP contribution is -2.34. The Morgan fingerprint density at radius 3 is 2.71 bits per heavy atom. The highest BCUT2D eigenvalue weighted by Crippen LogP contribution is 2.41. The number of amides is 1. The van der Waals surface area contributed by atoms with Crippen LogP contribution in [0.1, 0.15) is 12.8 Å². The standard InChI is InChI=1S/C9H14N2OS2/c12-8-9(1-2-9)10-6-11(8)5-7-13-3-4-14-7/h7,10H,1-6H2. The van der Waals surface area contributed by atoms with E-state index < -0.39 is 0 Å². The van der Waals surface area contributed by atoms with Crippen LogP contribution in [0.15, 0.2) is 0 Å². The number of carbonyl (C=O) groups is 1. The molecule has 2 aliphatic heterocycles. The van der Waals surface area contributed by atoms with Crippen molar-refractivity contribution in [3.63, 3.8) is 0 Å². The predicted molar refractivity (Wildman–Crippen MR) is 60.4 cm³/mol. The molecule has 14 heavy (non-hydrogen) atoms. The Morgan fingerprint density at radius 1 is 1.43 bits per heavy atom. The van der Waals surface area contributed by atoms with E-state index in [4.69, 9.17) is 0 Å². The van der Waals surface area contributed by atoms with E-state index in [9.17, 15) is 4.79 Å². The van der Waals surface area contributed by atoms with Crippen molar-refractivity contribution in [2.45, 2.75) is 23.0 Å². The third kappa shape index (κ3) is 1.46. The maximum absolute atomic E-state index is 11.9. The molecular weight excluding hydrogens is 216 g/mol. The van der Waals surface area contributed by atoms with Crippen LogP contribution in [0.25, 0.3) is 0 Å². The Morgan fingerprint density at radius 2 is 2.14 bits per heavy atom. The van der Waals surface area contributed by atoms with Gasteiger partial charge < -0.3 is 4.90 Å². The summed E-state index contributed by atoms with van der Waals surface area (Å²) in [6, 6.07) is 0. The van der Waals surface area contributed by atoms with Gasteiger partial charge in [0, 0.05) is 18.1 Å². The molecule has 0 bridgehead atoms. The molecule has 1 amide bonds. The van der Waals surface area contributed by atoms with E-state index >= 15 is 0 Å². The molecule has 3 aliphatic rings. The number of thioether (sulfide) groups is 2. The van der Waals surface area contributed by atoms with Crippen molar-refractivity contribution in [1.82, 2.24) is 10.2 Å². The van der Waals surface area contributed by atoms with Crippen LogP contribution in [0, 0.1) is 0 Å². The van der Waals surface area contributed by atoms with Crippen molar-refractivity contribution in [2.24, 2.45) is 0 Å². The largest absolute Gasteiger partial charge is 0.326 e. The molecule has 2 saturated heterocycles. The molecule has 1 N–H and O–H groups in total. The van der Waals surface area contributed by atoms with Crippen molar-refractivity contribution in [1.29, 1.82) is 0 Å². The molecule has 1 aliphatic carbocycles. The first kappa shape index (κ1) is 9.36. The average Bonchev–Trinajstić information content (AvgIpc) is 2.69. The number of nitrogens with one attached hydrogen (secondary N) is 1. The number of rotatable bonds is 2. The average molecular weight is 230 g/mol. The first-order valence-electron chi connectivity index (χ1n) is 5.08. The van der Waals surface area contributed by atoms with Gasteiger partial charge in [-0.3, -0.25) is 10.1 Å². The molecule has 0 radical (unpaired) electrons. The minimum absolute atomic E-state index is 0.103. The summed E-state index contributed by atoms with van der Waals surface area (Å²) >= 11 is 3.99. The van der Waals surface area contributed by atoms with Gasteiger partial charge >= 0.3 is 0 Å². The van der Waals surface area contributed by atoms with E-state index in [1.54, 1.807) is 0 Å². The first-order valence-corrected chi connectivity index (χ1v) is 7.18. The van der Waals surface area contributed by atoms with E-state index in [1.807, 2.05) is 28.4 Å². The lowest BCUT2D eigenvalue weighted by molar-refractivity contribution is -0.129. The van der Waals surface area contributed by atoms with E-state index in [2.05, 4.69) is 5.32 Å². The third-order valence-corrected chi connectivity index (χ3v) is 6.11. The molecular formula is C9H14N2OS2. The van der Waals surface area contributed by atoms with Crippen molar-refractivity contribution >= 4 is 29.4 Å². The molecule has 3 nitrogen and oxygen atoms in total. The molecule has 1 saturated carbocycles. The zero-order valence-electron chi connectivity index (χ0n) is 7.99. The van der Waals surface area contributed by atoms with Crippen LogP contribution in [0.4, 0.5) is 0 Å². The predicted octanol–water partition coefficient (Wildman–Crippen LogP) is 0.714. The highest BCUT2D eigenvalue weighted by atomic mass is 32.2. The smallest absolute Gasteiger partial charge is 0.244 e. The fraction of sp³-hybridized carbons (Fsp3) is 0.889. The van der Waals surface area contributed by atoms with E-state index in [-0.39, 0.29) is 5.54 Å². The van der Waals surface area contributed by atoms with Crippen LogP contribution >= 0.6 is 23.5 Å². The van der Waals surface area contributed by atoms with Gasteiger partial charge in [-0.25, -0.2) is 0 Å². The highest BCUT2D eigenvalue weighted by Gasteiger charge is 2.55. The van der Waals surface area contributed by atoms with Gasteiger partial charge in [-0.1, -0.05) is 0 Å². The summed E-state index contributed by atoms with van der Waals surface area (Å²) in [5.74, 6) is 2.84. The van der Waals surface area contributed by atoms with Gasteiger partial charge in [0.15, 0.2) is 0 Å². The molecule has 2 heterocycles. The summed E-state index contributed by atoms with van der Waals surface area (Å²) in [7, 11) is 0. The van der Waals surface area contributed by atoms with Gasteiger partial charge in [-0.05, 0) is 12.8 Å². The first-order chi connectivity index (χ1) is 6.80. The molecule has 1 spiro atoms. The van der Waals surface area contributed by atoms with Crippen LogP contribution < -0.4 is 5.32 Å². The van der Waals surface area contributed by atoms with Crippen molar-refractivity contribution < 1.29 is 4.79 Å². The van der Waals surface area contributed by atoms with Gasteiger partial charge in [0.1, 0.15) is 0 Å². The molecule has 78 valence electrons. The molecule has 3 fully saturated rings. The molecule has 0 atom stereocenters. The third-order valence-electron chi connectivity index (χ3n) is 3.12. The molecule has 0 aromatic carbocycles. The van der Waals surface area contributed by atoms with E-state index in [0.717, 1.165) is 26.1 Å². The van der Waals surface area contributed by atoms with E-state index in [1.165, 1.54) is 11.5 Å². The van der Waals surface area contributed by atoms with E-state index in [0.29, 0.717) is 10.5 Å². The number of nitrogens with zero attached hydrogens (tertiary/aromatic N) is 1. The van der Waals surface area contributed by atoms with Gasteiger partial charge in [-0.2, -0.15) is 0 Å². The summed E-state index contributed by atoms with van der Waals surface area (Å²) < 4.78 is 0.620. The van der Waals surface area contributed by atoms with Gasteiger partial charge in [0.25, 0.3) is 0 Å². The lowest BCUT2D eigenvalue weighted by atomic mass is 10.3. The fourth-order valence-electron chi connectivity index (χ4n) is 2.05. The monoisotopic (exact) mass is 230 g/mol. The van der Waals surface area contributed by atoms with Crippen LogP contribution in [0.2, 0.25) is 0 Å². The van der Waals surface area contributed by atoms with Crippen LogP contribution in [-0.4, -0.2) is 45.6 Å². The SMILES string of the molecule is O=C1N(CC2SCCS2)CNC12CC2. The van der Waals surface area contributed by atoms with Gasteiger partial charge in [-0.15, -0.1) is 23.5 Å². The van der Waals surface area contributed by atoms with Crippen molar-refractivity contribution in [3.8, 4) is 0 Å². The van der Waals surface area contributed by atoms with Gasteiger partial charge in [0.2, 0.25) is 5.91 Å². The summed E-state index contributed by atoms with van der Waals surface area (Å²) in [6.45, 7) is 1.71. The number of hydrogen-bond acceptors (Lipinski definition) is 4. The normalized spacial score (nSPS) is 30.6. The second kappa shape index (κ2) is 3.32. The number of hydrogen-bond donors (Lipinski definition) is 1. The second-order valence-electron chi connectivity index (χ2n) is 4.12. The van der Waals surface area contributed by atoms with Crippen LogP contribution in [-0.2, 0) is 4.79 Å². The fourth-order valence-corrected chi connectivity index (χ4v) is 4.88. The molecule has 0 aromatic rings. The highest BCUT2D eigenvalue weighted by molar-refractivity contribution is 8.20. The molecule has 0 unspecified atom stereocenters. The summed E-state index contributed by atoms with van der Waals surface area (Å²) in [6.07, 6.45) is 2.10. The lowest BCUT2D eigenvalue weighted by Gasteiger charge is -2.18. The van der Waals surface area contributed by atoms with Crippen LogP contribution in [0.5, 0.6) is 0 Å². The Kier molecular flexibility index (Phi) is 2.22. The van der Waals surface area contributed by atoms with Crippen molar-refractivity contribution in [3.05, 3.63) is 0 Å². The minimum Gasteiger partial charge on any atom is -0.326 e. The Labute approximate surface area is 92.4 Å². The second-order valence-corrected chi connectivity index (χ2v) is 7.04. The van der Waals surface area contributed by atoms with Gasteiger partial charge in [0.05, 0.1) is 16.8 Å². The maximum Gasteiger partial charge on any atom is 0.244 e. The topological polar surface area (TPSA) is 32.3 Å². The Bertz CT molecular complexity index is 262.